The van der Waals surface area contributed by atoms with Gasteiger partial charge in [0.2, 0.25) is 0 Å². The topological polar surface area (TPSA) is 12.0 Å². The Bertz CT molecular complexity index is 455. The minimum Gasteiger partial charge on any atom is -1.00 e. The van der Waals surface area contributed by atoms with E-state index in [1.54, 1.807) is 0 Å². The van der Waals surface area contributed by atoms with E-state index in [1.165, 1.54) is 11.1 Å². The second-order valence-electron chi connectivity index (χ2n) is 6.56. The van der Waals surface area contributed by atoms with Crippen LogP contribution in [-0.2, 0) is 20.6 Å². The van der Waals surface area contributed by atoms with Crippen LogP contribution in [0.2, 0.25) is 9.26 Å². The molecule has 1 aromatic rings. The van der Waals surface area contributed by atoms with E-state index >= 15 is 0 Å². The zero-order valence-corrected chi connectivity index (χ0v) is 16.3. The van der Waals surface area contributed by atoms with Gasteiger partial charge >= 0.3 is 111 Å². The Hall–Kier alpha value is 0.600. The van der Waals surface area contributed by atoms with Gasteiger partial charge < -0.3 is 24.8 Å². The molecule has 1 unspecified atom stereocenters. The summed E-state index contributed by atoms with van der Waals surface area (Å²) in [5.74, 6) is 0. The van der Waals surface area contributed by atoms with Gasteiger partial charge in [-0.2, -0.15) is 0 Å². The zero-order valence-electron chi connectivity index (χ0n) is 12.3. The predicted molar refractivity (Wildman–Crippen MR) is 84.2 cm³/mol. The molecule has 0 amide bonds. The Labute approximate surface area is 145 Å². The van der Waals surface area contributed by atoms with Crippen molar-refractivity contribution in [2.75, 3.05) is 0 Å². The number of nitrogens with one attached hydrogen (secondary N) is 1. The number of hydrogen-bond acceptors (Lipinski definition) is 1. The van der Waals surface area contributed by atoms with E-state index in [4.69, 9.17) is 0 Å². The van der Waals surface area contributed by atoms with Gasteiger partial charge in [0.1, 0.15) is 0 Å². The molecule has 2 rings (SSSR count). The van der Waals surface area contributed by atoms with Crippen LogP contribution < -0.4 is 28.1 Å². The van der Waals surface area contributed by atoms with Crippen LogP contribution in [0.1, 0.15) is 35.5 Å². The number of rotatable bonds is 2. The number of fused-ring (bicyclic) bond motifs is 1. The van der Waals surface area contributed by atoms with Gasteiger partial charge in [0.05, 0.1) is 0 Å². The Balaban J connectivity index is 0. The fraction of sp³-hybridized carbons (Fsp3) is 0.467. The van der Waals surface area contributed by atoms with Crippen molar-refractivity contribution < 1.29 is 45.4 Å². The van der Waals surface area contributed by atoms with Crippen molar-refractivity contribution in [3.05, 3.63) is 41.5 Å². The number of allylic oxidation sites excluding steroid dienone is 1. The number of halogens is 2. The molecule has 0 fully saturated rings. The van der Waals surface area contributed by atoms with Gasteiger partial charge in [-0.15, -0.1) is 0 Å². The summed E-state index contributed by atoms with van der Waals surface area (Å²) in [6, 6.07) is 8.82. The fourth-order valence-corrected chi connectivity index (χ4v) is 12.0. The minimum atomic E-state index is -2.29. The van der Waals surface area contributed by atoms with Crippen molar-refractivity contribution in [1.82, 2.24) is 3.26 Å². The number of hydrogen-bond donors (Lipinski definition) is 1. The SMILES string of the molecule is CC(C)(C)[NH][Zr+2]([CH3])([CH3])[CH]1C=Cc2ccccc21.[Cl-].[Cl-].[SiH4]. The third kappa shape index (κ3) is 5.42. The van der Waals surface area contributed by atoms with Crippen molar-refractivity contribution in [1.29, 1.82) is 0 Å². The molecule has 5 heteroatoms. The summed E-state index contributed by atoms with van der Waals surface area (Å²) < 4.78 is 9.60. The summed E-state index contributed by atoms with van der Waals surface area (Å²) in [7, 11) is 0. The molecular weight excluding hydrogens is 384 g/mol. The normalized spacial score (nSPS) is 15.8. The van der Waals surface area contributed by atoms with Crippen molar-refractivity contribution >= 4 is 17.0 Å². The van der Waals surface area contributed by atoms with Gasteiger partial charge in [-0.3, -0.25) is 0 Å². The van der Waals surface area contributed by atoms with E-state index in [0.717, 1.165) is 0 Å². The smallest absolute Gasteiger partial charge is 0.0149 e. The van der Waals surface area contributed by atoms with Crippen LogP contribution >= 0.6 is 0 Å². The molecule has 0 saturated carbocycles. The molecule has 0 aliphatic heterocycles. The standard InChI is InChI=1S/C9H7.C4H10N.2CH3.2ClH.H4Si.Zr/c1-2-5-9-7-3-6-8(9)4-1;1-4(2,3)5;;;;;;/h1-7H;5H,1-3H3;2*1H3;2*1H;1H4;/q;-1;;;;;;+3/p-2. The van der Waals surface area contributed by atoms with Crippen LogP contribution in [0.25, 0.3) is 6.08 Å². The van der Waals surface area contributed by atoms with Crippen molar-refractivity contribution in [2.24, 2.45) is 0 Å². The monoisotopic (exact) mass is 409 g/mol. The molecule has 1 aliphatic carbocycles. The summed E-state index contributed by atoms with van der Waals surface area (Å²) in [5.41, 5.74) is 3.17. The van der Waals surface area contributed by atoms with Crippen LogP contribution in [0.5, 0.6) is 0 Å². The first kappa shape index (κ1) is 22.9. The van der Waals surface area contributed by atoms with Crippen LogP contribution in [0.15, 0.2) is 30.3 Å². The first-order valence-electron chi connectivity index (χ1n) is 6.36. The molecule has 114 valence electrons. The Morgan fingerprint density at radius 1 is 1.05 bits per heavy atom. The van der Waals surface area contributed by atoms with Gasteiger partial charge in [0.25, 0.3) is 0 Å². The summed E-state index contributed by atoms with van der Waals surface area (Å²) in [6.45, 7) is 6.82. The van der Waals surface area contributed by atoms with E-state index in [9.17, 15) is 0 Å². The molecule has 1 aromatic carbocycles. The summed E-state index contributed by atoms with van der Waals surface area (Å²) >= 11 is -2.29. The van der Waals surface area contributed by atoms with E-state index in [2.05, 4.69) is 69.7 Å². The minimum absolute atomic E-state index is 0. The third-order valence-electron chi connectivity index (χ3n) is 3.27. The van der Waals surface area contributed by atoms with Gasteiger partial charge in [-0.25, -0.2) is 0 Å². The van der Waals surface area contributed by atoms with Crippen LogP contribution in [-0.4, -0.2) is 16.5 Å². The molecule has 1 nitrogen and oxygen atoms in total. The molecule has 0 saturated heterocycles. The summed E-state index contributed by atoms with van der Waals surface area (Å²) in [5, 5.41) is 0. The molecule has 0 heterocycles. The second-order valence-corrected chi connectivity index (χ2v) is 17.2. The van der Waals surface area contributed by atoms with E-state index < -0.39 is 20.6 Å². The zero-order chi connectivity index (χ0) is 12.7. The molecule has 0 aromatic heterocycles. The Kier molecular flexibility index (Phi) is 9.48. The van der Waals surface area contributed by atoms with E-state index in [1.807, 2.05) is 0 Å². The molecule has 1 N–H and O–H groups in total. The predicted octanol–water partition coefficient (Wildman–Crippen LogP) is -3.14. The fourth-order valence-electron chi connectivity index (χ4n) is 2.92. The summed E-state index contributed by atoms with van der Waals surface area (Å²) in [6.07, 6.45) is 4.71. The maximum atomic E-state index is 3.94. The molecule has 20 heavy (non-hydrogen) atoms. The largest absolute Gasteiger partial charge is 1.00 e. The first-order valence-corrected chi connectivity index (χ1v) is 13.9. The van der Waals surface area contributed by atoms with Crippen LogP contribution in [0.4, 0.5) is 0 Å². The molecule has 1 aliphatic rings. The average Bonchev–Trinajstić information content (AvgIpc) is 2.57. The van der Waals surface area contributed by atoms with Gasteiger partial charge in [-0.1, -0.05) is 0 Å². The van der Waals surface area contributed by atoms with E-state index in [0.29, 0.717) is 3.63 Å². The third-order valence-corrected chi connectivity index (χ3v) is 11.8. The number of benzene rings is 1. The molecule has 1 atom stereocenters. The maximum Gasteiger partial charge on any atom is -0.0149 e. The maximum absolute atomic E-state index is 3.94. The second kappa shape index (κ2) is 8.29. The Morgan fingerprint density at radius 2 is 1.60 bits per heavy atom. The van der Waals surface area contributed by atoms with Crippen molar-refractivity contribution in [3.8, 4) is 0 Å². The molecular formula is C15H27Cl2NSiZr. The average molecular weight is 412 g/mol. The van der Waals surface area contributed by atoms with E-state index in [-0.39, 0.29) is 41.3 Å². The molecule has 0 bridgehead atoms. The first-order chi connectivity index (χ1) is 7.80. The quantitative estimate of drug-likeness (QED) is 0.508. The Morgan fingerprint density at radius 3 is 2.15 bits per heavy atom. The van der Waals surface area contributed by atoms with Crippen molar-refractivity contribution in [2.45, 2.75) is 39.2 Å². The van der Waals surface area contributed by atoms with Crippen LogP contribution in [0, 0.1) is 0 Å². The molecule has 0 spiro atoms. The van der Waals surface area contributed by atoms with Crippen molar-refractivity contribution in [3.63, 3.8) is 0 Å². The van der Waals surface area contributed by atoms with Gasteiger partial charge in [-0.05, 0) is 11.0 Å². The van der Waals surface area contributed by atoms with Gasteiger partial charge in [0.15, 0.2) is 0 Å². The summed E-state index contributed by atoms with van der Waals surface area (Å²) in [4.78, 5) is 0. The van der Waals surface area contributed by atoms with Gasteiger partial charge in [0, 0.05) is 0 Å². The molecule has 0 radical (unpaired) electrons. The van der Waals surface area contributed by atoms with Crippen LogP contribution in [0.3, 0.4) is 0 Å².